The normalized spacial score (nSPS) is 17.1. The summed E-state index contributed by atoms with van der Waals surface area (Å²) in [6.07, 6.45) is -3.92. The number of hydrogen-bond donors (Lipinski definition) is 1. The van der Waals surface area contributed by atoms with Crippen LogP contribution in [-0.2, 0) is 17.4 Å². The standard InChI is InChI=1S/C18H17F3N2O2/c1-24-13-5-3-12(4-6-13)17-10-14(25-23-17)8-11-2-7-16(22)15(9-11)18(19,20)21/h2-7,9,14H,8,10,22H2,1H3. The van der Waals surface area contributed by atoms with E-state index in [-0.39, 0.29) is 11.8 Å². The number of benzene rings is 2. The number of methoxy groups -OCH3 is 1. The molecule has 2 N–H and O–H groups in total. The van der Waals surface area contributed by atoms with Crippen molar-refractivity contribution in [3.8, 4) is 5.75 Å². The lowest BCUT2D eigenvalue weighted by Crippen LogP contribution is -2.14. The molecule has 7 heteroatoms. The van der Waals surface area contributed by atoms with E-state index < -0.39 is 11.7 Å². The van der Waals surface area contributed by atoms with Crippen LogP contribution in [0.4, 0.5) is 18.9 Å². The fraction of sp³-hybridized carbons (Fsp3) is 0.278. The Morgan fingerprint density at radius 2 is 1.92 bits per heavy atom. The Bertz CT molecular complexity index is 786. The molecule has 1 atom stereocenters. The zero-order valence-electron chi connectivity index (χ0n) is 13.5. The molecule has 0 aromatic heterocycles. The molecule has 0 saturated carbocycles. The average Bonchev–Trinajstić information content (AvgIpc) is 3.04. The first-order valence-corrected chi connectivity index (χ1v) is 7.69. The van der Waals surface area contributed by atoms with Crippen molar-refractivity contribution in [2.75, 3.05) is 12.8 Å². The molecule has 2 aromatic carbocycles. The van der Waals surface area contributed by atoms with Gasteiger partial charge in [0, 0.05) is 18.5 Å². The van der Waals surface area contributed by atoms with Crippen LogP contribution >= 0.6 is 0 Å². The summed E-state index contributed by atoms with van der Waals surface area (Å²) >= 11 is 0. The molecule has 0 aliphatic carbocycles. The Hall–Kier alpha value is -2.70. The highest BCUT2D eigenvalue weighted by Crippen LogP contribution is 2.34. The number of ether oxygens (including phenoxy) is 1. The van der Waals surface area contributed by atoms with Crippen molar-refractivity contribution in [1.82, 2.24) is 0 Å². The molecule has 0 radical (unpaired) electrons. The minimum Gasteiger partial charge on any atom is -0.497 e. The number of nitrogen functional groups attached to an aromatic ring is 1. The van der Waals surface area contributed by atoms with E-state index in [1.54, 1.807) is 13.2 Å². The van der Waals surface area contributed by atoms with Crippen molar-refractivity contribution >= 4 is 11.4 Å². The second kappa shape index (κ2) is 6.66. The van der Waals surface area contributed by atoms with Crippen molar-refractivity contribution in [1.29, 1.82) is 0 Å². The summed E-state index contributed by atoms with van der Waals surface area (Å²) in [5.74, 6) is 0.737. The number of alkyl halides is 3. The van der Waals surface area contributed by atoms with E-state index in [9.17, 15) is 13.2 Å². The van der Waals surface area contributed by atoms with Gasteiger partial charge in [-0.15, -0.1) is 0 Å². The Morgan fingerprint density at radius 1 is 1.20 bits per heavy atom. The van der Waals surface area contributed by atoms with Crippen LogP contribution in [0.15, 0.2) is 47.6 Å². The number of oxime groups is 1. The summed E-state index contributed by atoms with van der Waals surface area (Å²) < 4.78 is 43.9. The number of hydrogen-bond acceptors (Lipinski definition) is 4. The molecule has 0 saturated heterocycles. The van der Waals surface area contributed by atoms with E-state index in [1.807, 2.05) is 24.3 Å². The van der Waals surface area contributed by atoms with Gasteiger partial charge in [-0.25, -0.2) is 0 Å². The molecule has 25 heavy (non-hydrogen) atoms. The maximum absolute atomic E-state index is 12.9. The van der Waals surface area contributed by atoms with Crippen molar-refractivity contribution in [3.63, 3.8) is 0 Å². The number of halogens is 3. The van der Waals surface area contributed by atoms with E-state index in [2.05, 4.69) is 5.16 Å². The van der Waals surface area contributed by atoms with Crippen LogP contribution in [0.2, 0.25) is 0 Å². The fourth-order valence-corrected chi connectivity index (χ4v) is 2.73. The van der Waals surface area contributed by atoms with Gasteiger partial charge in [-0.3, -0.25) is 0 Å². The molecule has 0 fully saturated rings. The molecule has 132 valence electrons. The van der Waals surface area contributed by atoms with Crippen LogP contribution in [0.25, 0.3) is 0 Å². The van der Waals surface area contributed by atoms with Gasteiger partial charge in [-0.1, -0.05) is 11.2 Å². The van der Waals surface area contributed by atoms with Gasteiger partial charge in [0.2, 0.25) is 0 Å². The van der Waals surface area contributed by atoms with Gasteiger partial charge < -0.3 is 15.3 Å². The Morgan fingerprint density at radius 3 is 2.56 bits per heavy atom. The molecule has 1 aliphatic rings. The van der Waals surface area contributed by atoms with Crippen LogP contribution in [-0.4, -0.2) is 18.9 Å². The minimum atomic E-state index is -4.47. The zero-order chi connectivity index (χ0) is 18.0. The van der Waals surface area contributed by atoms with Gasteiger partial charge in [-0.05, 0) is 47.5 Å². The number of nitrogens with two attached hydrogens (primary N) is 1. The van der Waals surface area contributed by atoms with E-state index in [4.69, 9.17) is 15.3 Å². The summed E-state index contributed by atoms with van der Waals surface area (Å²) in [5, 5.41) is 4.06. The Labute approximate surface area is 143 Å². The van der Waals surface area contributed by atoms with Gasteiger partial charge >= 0.3 is 6.18 Å². The Balaban J connectivity index is 1.68. The Kier molecular flexibility index (Phi) is 4.57. The average molecular weight is 350 g/mol. The second-order valence-corrected chi connectivity index (χ2v) is 5.82. The SMILES string of the molecule is COc1ccc(C2=NOC(Cc3ccc(N)c(C(F)(F)F)c3)C2)cc1. The van der Waals surface area contributed by atoms with Gasteiger partial charge in [0.05, 0.1) is 18.4 Å². The van der Waals surface area contributed by atoms with E-state index in [0.29, 0.717) is 18.4 Å². The highest BCUT2D eigenvalue weighted by atomic mass is 19.4. The first kappa shape index (κ1) is 17.1. The van der Waals surface area contributed by atoms with Crippen molar-refractivity contribution < 1.29 is 22.7 Å². The van der Waals surface area contributed by atoms with E-state index in [0.717, 1.165) is 23.1 Å². The monoisotopic (exact) mass is 350 g/mol. The molecular weight excluding hydrogens is 333 g/mol. The second-order valence-electron chi connectivity index (χ2n) is 5.82. The highest BCUT2D eigenvalue weighted by Gasteiger charge is 2.33. The number of rotatable bonds is 4. The van der Waals surface area contributed by atoms with Crippen molar-refractivity contribution in [2.45, 2.75) is 25.1 Å². The van der Waals surface area contributed by atoms with E-state index >= 15 is 0 Å². The number of nitrogens with zero attached hydrogens (tertiary/aromatic N) is 1. The molecule has 4 nitrogen and oxygen atoms in total. The molecule has 0 amide bonds. The highest BCUT2D eigenvalue weighted by molar-refractivity contribution is 6.01. The van der Waals surface area contributed by atoms with Crippen molar-refractivity contribution in [2.24, 2.45) is 5.16 Å². The van der Waals surface area contributed by atoms with Gasteiger partial charge in [0.15, 0.2) is 0 Å². The van der Waals surface area contributed by atoms with Crippen LogP contribution in [0, 0.1) is 0 Å². The number of anilines is 1. The van der Waals surface area contributed by atoms with Crippen LogP contribution in [0.3, 0.4) is 0 Å². The molecule has 1 unspecified atom stereocenters. The van der Waals surface area contributed by atoms with Crippen LogP contribution in [0.5, 0.6) is 5.75 Å². The quantitative estimate of drug-likeness (QED) is 0.847. The van der Waals surface area contributed by atoms with E-state index in [1.165, 1.54) is 6.07 Å². The lowest BCUT2D eigenvalue weighted by molar-refractivity contribution is -0.137. The van der Waals surface area contributed by atoms with Crippen LogP contribution < -0.4 is 10.5 Å². The van der Waals surface area contributed by atoms with Crippen molar-refractivity contribution in [3.05, 3.63) is 59.2 Å². The summed E-state index contributed by atoms with van der Waals surface area (Å²) in [6, 6.07) is 11.3. The predicted octanol–water partition coefficient (Wildman–Crippen LogP) is 4.03. The molecule has 0 spiro atoms. The smallest absolute Gasteiger partial charge is 0.418 e. The molecule has 3 rings (SSSR count). The van der Waals surface area contributed by atoms with Crippen LogP contribution in [0.1, 0.15) is 23.1 Å². The predicted molar refractivity (Wildman–Crippen MR) is 88.6 cm³/mol. The van der Waals surface area contributed by atoms with Gasteiger partial charge in [0.1, 0.15) is 11.9 Å². The summed E-state index contributed by atoms with van der Waals surface area (Å²) in [6.45, 7) is 0. The minimum absolute atomic E-state index is 0.279. The third-order valence-electron chi connectivity index (χ3n) is 4.04. The zero-order valence-corrected chi connectivity index (χ0v) is 13.5. The maximum Gasteiger partial charge on any atom is 0.418 e. The third-order valence-corrected chi connectivity index (χ3v) is 4.04. The first-order valence-electron chi connectivity index (χ1n) is 7.69. The molecule has 0 bridgehead atoms. The molecule has 1 heterocycles. The lowest BCUT2D eigenvalue weighted by Gasteiger charge is -2.13. The van der Waals surface area contributed by atoms with Gasteiger partial charge in [0.25, 0.3) is 0 Å². The third kappa shape index (κ3) is 3.87. The summed E-state index contributed by atoms with van der Waals surface area (Å²) in [4.78, 5) is 5.38. The fourth-order valence-electron chi connectivity index (χ4n) is 2.73. The summed E-state index contributed by atoms with van der Waals surface area (Å²) in [5.41, 5.74) is 6.50. The maximum atomic E-state index is 12.9. The topological polar surface area (TPSA) is 56.8 Å². The molecule has 2 aromatic rings. The largest absolute Gasteiger partial charge is 0.497 e. The first-order chi connectivity index (χ1) is 11.9. The van der Waals surface area contributed by atoms with Gasteiger partial charge in [-0.2, -0.15) is 13.2 Å². The lowest BCUT2D eigenvalue weighted by atomic mass is 9.98. The molecule has 1 aliphatic heterocycles. The summed E-state index contributed by atoms with van der Waals surface area (Å²) in [7, 11) is 1.59. The molecular formula is C18H17F3N2O2.